The zero-order valence-corrected chi connectivity index (χ0v) is 16.5. The van der Waals surface area contributed by atoms with Crippen LogP contribution in [0.5, 0.6) is 0 Å². The molecule has 2 atom stereocenters. The number of aromatic nitrogens is 2. The van der Waals surface area contributed by atoms with Crippen molar-refractivity contribution in [2.45, 2.75) is 59.4 Å². The summed E-state index contributed by atoms with van der Waals surface area (Å²) in [5, 5.41) is 0. The predicted molar refractivity (Wildman–Crippen MR) is 104 cm³/mol. The van der Waals surface area contributed by atoms with E-state index in [1.54, 1.807) is 0 Å². The largest absolute Gasteiger partial charge is 0.337 e. The van der Waals surface area contributed by atoms with E-state index in [0.717, 1.165) is 36.9 Å². The molecule has 144 valence electrons. The number of anilines is 1. The van der Waals surface area contributed by atoms with Crippen molar-refractivity contribution >= 4 is 5.95 Å². The van der Waals surface area contributed by atoms with Crippen molar-refractivity contribution in [3.8, 4) is 11.3 Å². The van der Waals surface area contributed by atoms with Crippen LogP contribution in [0.3, 0.4) is 0 Å². The van der Waals surface area contributed by atoms with E-state index < -0.39 is 6.43 Å². The van der Waals surface area contributed by atoms with Crippen LogP contribution in [0, 0.1) is 17.8 Å². The van der Waals surface area contributed by atoms with Gasteiger partial charge >= 0.3 is 0 Å². The first kappa shape index (κ1) is 18.3. The zero-order valence-electron chi connectivity index (χ0n) is 16.5. The number of fused-ring (bicyclic) bond motifs is 2. The van der Waals surface area contributed by atoms with Gasteiger partial charge in [0.2, 0.25) is 5.95 Å². The van der Waals surface area contributed by atoms with Gasteiger partial charge in [0, 0.05) is 18.2 Å². The molecule has 1 aliphatic heterocycles. The van der Waals surface area contributed by atoms with Crippen molar-refractivity contribution in [1.29, 1.82) is 0 Å². The fourth-order valence-electron chi connectivity index (χ4n) is 5.26. The maximum atomic E-state index is 13.6. The van der Waals surface area contributed by atoms with Crippen molar-refractivity contribution in [2.24, 2.45) is 10.8 Å². The average molecular weight is 371 g/mol. The van der Waals surface area contributed by atoms with Crippen LogP contribution in [0.1, 0.15) is 57.7 Å². The third kappa shape index (κ3) is 3.56. The molecule has 0 spiro atoms. The van der Waals surface area contributed by atoms with E-state index in [-0.39, 0.29) is 16.5 Å². The molecule has 3 nitrogen and oxygen atoms in total. The SMILES string of the molecule is Cc1ccc(-c2cc(C(F)F)nc(N3C[C@@]4(C)C[C@H]3CC(C)(C)C4)n2)cc1. The first-order valence-electron chi connectivity index (χ1n) is 9.65. The molecule has 2 aliphatic rings. The lowest BCUT2D eigenvalue weighted by atomic mass is 9.65. The van der Waals surface area contributed by atoms with Crippen LogP contribution in [-0.4, -0.2) is 22.6 Å². The highest BCUT2D eigenvalue weighted by molar-refractivity contribution is 5.62. The van der Waals surface area contributed by atoms with Crippen LogP contribution in [0.25, 0.3) is 11.3 Å². The van der Waals surface area contributed by atoms with Gasteiger partial charge < -0.3 is 4.90 Å². The van der Waals surface area contributed by atoms with Gasteiger partial charge in [-0.2, -0.15) is 0 Å². The summed E-state index contributed by atoms with van der Waals surface area (Å²) in [6.07, 6.45) is 0.667. The van der Waals surface area contributed by atoms with Gasteiger partial charge in [-0.15, -0.1) is 0 Å². The van der Waals surface area contributed by atoms with E-state index in [4.69, 9.17) is 4.98 Å². The lowest BCUT2D eigenvalue weighted by molar-refractivity contribution is 0.136. The summed E-state index contributed by atoms with van der Waals surface area (Å²) in [4.78, 5) is 11.2. The second-order valence-corrected chi connectivity index (χ2v) is 9.49. The van der Waals surface area contributed by atoms with Gasteiger partial charge in [0.1, 0.15) is 5.69 Å². The van der Waals surface area contributed by atoms with Crippen molar-refractivity contribution in [3.05, 3.63) is 41.6 Å². The number of hydrogen-bond acceptors (Lipinski definition) is 3. The van der Waals surface area contributed by atoms with Gasteiger partial charge in [0.15, 0.2) is 0 Å². The Labute approximate surface area is 159 Å². The quantitative estimate of drug-likeness (QED) is 0.683. The minimum Gasteiger partial charge on any atom is -0.337 e. The number of alkyl halides is 2. The monoisotopic (exact) mass is 371 g/mol. The second kappa shape index (κ2) is 6.25. The third-order valence-corrected chi connectivity index (χ3v) is 5.98. The Morgan fingerprint density at radius 2 is 1.78 bits per heavy atom. The van der Waals surface area contributed by atoms with Crippen molar-refractivity contribution < 1.29 is 8.78 Å². The molecule has 2 aromatic rings. The summed E-state index contributed by atoms with van der Waals surface area (Å²) in [5.41, 5.74) is 2.81. The summed E-state index contributed by atoms with van der Waals surface area (Å²) in [6.45, 7) is 9.75. The van der Waals surface area contributed by atoms with Crippen LogP contribution in [0.4, 0.5) is 14.7 Å². The zero-order chi connectivity index (χ0) is 19.4. The summed E-state index contributed by atoms with van der Waals surface area (Å²) >= 11 is 0. The fourth-order valence-corrected chi connectivity index (χ4v) is 5.26. The maximum absolute atomic E-state index is 13.6. The highest BCUT2D eigenvalue weighted by atomic mass is 19.3. The van der Waals surface area contributed by atoms with Gasteiger partial charge in [0.25, 0.3) is 6.43 Å². The second-order valence-electron chi connectivity index (χ2n) is 9.49. The molecule has 0 radical (unpaired) electrons. The van der Waals surface area contributed by atoms with Gasteiger partial charge in [-0.05, 0) is 43.1 Å². The number of benzene rings is 1. The molecule has 2 bridgehead atoms. The minimum atomic E-state index is -2.61. The van der Waals surface area contributed by atoms with Gasteiger partial charge in [-0.25, -0.2) is 18.7 Å². The smallest absolute Gasteiger partial charge is 0.280 e. The molecular weight excluding hydrogens is 344 g/mol. The normalized spacial score (nSPS) is 26.6. The van der Waals surface area contributed by atoms with Crippen LogP contribution in [0.15, 0.2) is 30.3 Å². The summed E-state index contributed by atoms with van der Waals surface area (Å²) in [6, 6.07) is 9.56. The molecule has 1 aliphatic carbocycles. The van der Waals surface area contributed by atoms with Crippen molar-refractivity contribution in [2.75, 3.05) is 11.4 Å². The molecule has 1 saturated heterocycles. The fraction of sp³-hybridized carbons (Fsp3) is 0.545. The molecule has 0 unspecified atom stereocenters. The molecule has 1 aromatic carbocycles. The predicted octanol–water partition coefficient (Wildman–Crippen LogP) is 5.79. The first-order chi connectivity index (χ1) is 12.6. The molecule has 0 N–H and O–H groups in total. The topological polar surface area (TPSA) is 29.0 Å². The average Bonchev–Trinajstić information content (AvgIpc) is 2.84. The molecular formula is C22H27F2N3. The first-order valence-corrected chi connectivity index (χ1v) is 9.65. The number of hydrogen-bond donors (Lipinski definition) is 0. The Morgan fingerprint density at radius 3 is 2.44 bits per heavy atom. The summed E-state index contributed by atoms with van der Waals surface area (Å²) in [5.74, 6) is 0.454. The Kier molecular flexibility index (Phi) is 4.24. The van der Waals surface area contributed by atoms with Crippen molar-refractivity contribution in [1.82, 2.24) is 9.97 Å². The highest BCUT2D eigenvalue weighted by Gasteiger charge is 2.50. The number of rotatable bonds is 3. The van der Waals surface area contributed by atoms with E-state index >= 15 is 0 Å². The lowest BCUT2D eigenvalue weighted by Gasteiger charge is -2.39. The Balaban J connectivity index is 1.76. The molecule has 5 heteroatoms. The van der Waals surface area contributed by atoms with E-state index in [1.807, 2.05) is 31.2 Å². The summed E-state index contributed by atoms with van der Waals surface area (Å²) < 4.78 is 27.1. The maximum Gasteiger partial charge on any atom is 0.280 e. The molecule has 4 rings (SSSR count). The molecule has 0 amide bonds. The number of nitrogens with zero attached hydrogens (tertiary/aromatic N) is 3. The van der Waals surface area contributed by atoms with Gasteiger partial charge in [0.05, 0.1) is 5.69 Å². The van der Waals surface area contributed by atoms with E-state index in [2.05, 4.69) is 30.7 Å². The molecule has 27 heavy (non-hydrogen) atoms. The number of halogens is 2. The molecule has 1 saturated carbocycles. The Bertz CT molecular complexity index is 847. The molecule has 1 aromatic heterocycles. The standard InChI is InChI=1S/C22H27F2N3/c1-14-5-7-15(8-6-14)17-9-18(19(23)24)26-20(25-17)27-13-22(4)11-16(27)10-21(2,3)12-22/h5-9,16,19H,10-13H2,1-4H3/t16-,22+/m1/s1. The van der Waals surface area contributed by atoms with Crippen LogP contribution in [0.2, 0.25) is 0 Å². The molecule has 2 heterocycles. The summed E-state index contributed by atoms with van der Waals surface area (Å²) in [7, 11) is 0. The third-order valence-electron chi connectivity index (χ3n) is 5.98. The van der Waals surface area contributed by atoms with Crippen LogP contribution < -0.4 is 4.90 Å². The van der Waals surface area contributed by atoms with E-state index in [1.165, 1.54) is 6.07 Å². The lowest BCUT2D eigenvalue weighted by Crippen LogP contribution is -2.35. The van der Waals surface area contributed by atoms with Crippen LogP contribution >= 0.6 is 0 Å². The van der Waals surface area contributed by atoms with Gasteiger partial charge in [-0.1, -0.05) is 50.6 Å². The Morgan fingerprint density at radius 1 is 1.07 bits per heavy atom. The van der Waals surface area contributed by atoms with E-state index in [0.29, 0.717) is 17.7 Å². The number of aryl methyl sites for hydroxylation is 1. The van der Waals surface area contributed by atoms with Gasteiger partial charge in [-0.3, -0.25) is 0 Å². The molecule has 2 fully saturated rings. The minimum absolute atomic E-state index is 0.193. The van der Waals surface area contributed by atoms with E-state index in [9.17, 15) is 8.78 Å². The highest BCUT2D eigenvalue weighted by Crippen LogP contribution is 2.53. The van der Waals surface area contributed by atoms with Crippen LogP contribution in [-0.2, 0) is 0 Å². The Hall–Kier alpha value is -2.04. The van der Waals surface area contributed by atoms with Crippen molar-refractivity contribution in [3.63, 3.8) is 0 Å².